The van der Waals surface area contributed by atoms with E-state index in [9.17, 15) is 9.59 Å². The largest absolute Gasteiger partial charge is 0.332 e. The van der Waals surface area contributed by atoms with Crippen molar-refractivity contribution in [1.82, 2.24) is 4.90 Å². The minimum absolute atomic E-state index is 0.0455. The van der Waals surface area contributed by atoms with Crippen LogP contribution in [0.15, 0.2) is 0 Å². The van der Waals surface area contributed by atoms with E-state index >= 15 is 0 Å². The Kier molecular flexibility index (Phi) is 2.10. The molecule has 1 aliphatic heterocycles. The summed E-state index contributed by atoms with van der Waals surface area (Å²) in [6.45, 7) is 2.58. The summed E-state index contributed by atoms with van der Waals surface area (Å²) >= 11 is 0. The van der Waals surface area contributed by atoms with Crippen LogP contribution in [0.3, 0.4) is 0 Å². The zero-order chi connectivity index (χ0) is 9.42. The van der Waals surface area contributed by atoms with E-state index in [0.717, 1.165) is 12.8 Å². The monoisotopic (exact) mass is 181 g/mol. The van der Waals surface area contributed by atoms with Gasteiger partial charge in [0.05, 0.1) is 13.0 Å². The van der Waals surface area contributed by atoms with E-state index in [1.54, 1.807) is 4.90 Å². The van der Waals surface area contributed by atoms with Gasteiger partial charge in [0.15, 0.2) is 5.78 Å². The lowest BCUT2D eigenvalue weighted by Gasteiger charge is -2.22. The molecule has 3 nitrogen and oxygen atoms in total. The van der Waals surface area contributed by atoms with Crippen molar-refractivity contribution in [2.24, 2.45) is 5.92 Å². The molecule has 0 radical (unpaired) electrons. The lowest BCUT2D eigenvalue weighted by Crippen LogP contribution is -2.34. The van der Waals surface area contributed by atoms with E-state index in [-0.39, 0.29) is 18.1 Å². The Bertz CT molecular complexity index is 249. The third kappa shape index (κ3) is 1.60. The van der Waals surface area contributed by atoms with Crippen LogP contribution in [0.25, 0.3) is 0 Å². The summed E-state index contributed by atoms with van der Waals surface area (Å²) in [6.07, 6.45) is 3.51. The fourth-order valence-electron chi connectivity index (χ4n) is 2.40. The van der Waals surface area contributed by atoms with E-state index in [1.807, 2.05) is 0 Å². The van der Waals surface area contributed by atoms with Crippen molar-refractivity contribution in [3.8, 4) is 0 Å². The van der Waals surface area contributed by atoms with Gasteiger partial charge in [0.2, 0.25) is 5.91 Å². The third-order valence-corrected chi connectivity index (χ3v) is 3.12. The van der Waals surface area contributed by atoms with Crippen LogP contribution in [0.5, 0.6) is 0 Å². The number of carbonyl (C=O) groups is 2. The minimum Gasteiger partial charge on any atom is -0.332 e. The number of amides is 1. The lowest BCUT2D eigenvalue weighted by atomic mass is 10.1. The molecule has 1 heterocycles. The average molecular weight is 181 g/mol. The first-order chi connectivity index (χ1) is 6.16. The van der Waals surface area contributed by atoms with Crippen molar-refractivity contribution in [2.45, 2.75) is 38.6 Å². The van der Waals surface area contributed by atoms with Crippen LogP contribution in [0.4, 0.5) is 0 Å². The molecule has 3 heteroatoms. The summed E-state index contributed by atoms with van der Waals surface area (Å²) in [5.74, 6) is 0.849. The third-order valence-electron chi connectivity index (χ3n) is 3.12. The van der Waals surface area contributed by atoms with E-state index in [2.05, 4.69) is 6.92 Å². The van der Waals surface area contributed by atoms with Gasteiger partial charge in [-0.25, -0.2) is 0 Å². The maximum absolute atomic E-state index is 11.4. The zero-order valence-electron chi connectivity index (χ0n) is 7.95. The fraction of sp³-hybridized carbons (Fsp3) is 0.800. The highest BCUT2D eigenvalue weighted by Crippen LogP contribution is 2.30. The van der Waals surface area contributed by atoms with Crippen molar-refractivity contribution in [3.05, 3.63) is 0 Å². The molecule has 2 rings (SSSR count). The lowest BCUT2D eigenvalue weighted by molar-refractivity contribution is -0.129. The van der Waals surface area contributed by atoms with Crippen molar-refractivity contribution >= 4 is 11.7 Å². The Morgan fingerprint density at radius 1 is 1.31 bits per heavy atom. The molecule has 1 amide bonds. The molecule has 0 aromatic carbocycles. The fourth-order valence-corrected chi connectivity index (χ4v) is 2.40. The van der Waals surface area contributed by atoms with E-state index < -0.39 is 0 Å². The predicted molar refractivity (Wildman–Crippen MR) is 48.1 cm³/mol. The molecule has 0 spiro atoms. The first-order valence-electron chi connectivity index (χ1n) is 4.98. The Hall–Kier alpha value is -0.860. The molecule has 13 heavy (non-hydrogen) atoms. The van der Waals surface area contributed by atoms with Gasteiger partial charge in [-0.3, -0.25) is 9.59 Å². The summed E-state index contributed by atoms with van der Waals surface area (Å²) < 4.78 is 0. The van der Waals surface area contributed by atoms with Gasteiger partial charge in [-0.1, -0.05) is 6.92 Å². The first kappa shape index (κ1) is 8.73. The molecular weight excluding hydrogens is 166 g/mol. The SMILES string of the molecule is CC1CCC(N2CC(=O)CC2=O)C1. The number of hydrogen-bond acceptors (Lipinski definition) is 2. The highest BCUT2D eigenvalue weighted by molar-refractivity contribution is 6.05. The number of ketones is 1. The maximum Gasteiger partial charge on any atom is 0.230 e. The molecule has 72 valence electrons. The number of carbonyl (C=O) groups excluding carboxylic acids is 2. The van der Waals surface area contributed by atoms with Crippen LogP contribution in [0.1, 0.15) is 32.6 Å². The second-order valence-corrected chi connectivity index (χ2v) is 4.31. The molecule has 0 aromatic heterocycles. The number of hydrogen-bond donors (Lipinski definition) is 0. The van der Waals surface area contributed by atoms with Gasteiger partial charge in [-0.15, -0.1) is 0 Å². The van der Waals surface area contributed by atoms with Crippen molar-refractivity contribution in [2.75, 3.05) is 6.54 Å². The van der Waals surface area contributed by atoms with Gasteiger partial charge >= 0.3 is 0 Å². The number of Topliss-reactive ketones (excluding diaryl/α,β-unsaturated/α-hetero) is 1. The van der Waals surface area contributed by atoms with Crippen molar-refractivity contribution in [1.29, 1.82) is 0 Å². The van der Waals surface area contributed by atoms with Crippen molar-refractivity contribution < 1.29 is 9.59 Å². The molecular formula is C10H15NO2. The standard InChI is InChI=1S/C10H15NO2/c1-7-2-3-8(4-7)11-6-9(12)5-10(11)13/h7-8H,2-6H2,1H3. The van der Waals surface area contributed by atoms with Gasteiger partial charge in [-0.05, 0) is 25.2 Å². The molecule has 1 saturated carbocycles. The van der Waals surface area contributed by atoms with Gasteiger partial charge < -0.3 is 4.90 Å². The van der Waals surface area contributed by atoms with E-state index in [4.69, 9.17) is 0 Å². The number of rotatable bonds is 1. The second-order valence-electron chi connectivity index (χ2n) is 4.31. The van der Waals surface area contributed by atoms with Gasteiger partial charge in [0.25, 0.3) is 0 Å². The molecule has 1 aliphatic carbocycles. The maximum atomic E-state index is 11.4. The molecule has 2 unspecified atom stereocenters. The Morgan fingerprint density at radius 2 is 2.08 bits per heavy atom. The van der Waals surface area contributed by atoms with Crippen LogP contribution in [-0.4, -0.2) is 29.2 Å². The van der Waals surface area contributed by atoms with Crippen molar-refractivity contribution in [3.63, 3.8) is 0 Å². The molecule has 0 N–H and O–H groups in total. The average Bonchev–Trinajstić information content (AvgIpc) is 2.58. The van der Waals surface area contributed by atoms with Gasteiger partial charge in [0.1, 0.15) is 0 Å². The molecule has 0 aromatic rings. The molecule has 0 bridgehead atoms. The summed E-state index contributed by atoms with van der Waals surface area (Å²) in [5, 5.41) is 0. The summed E-state index contributed by atoms with van der Waals surface area (Å²) in [6, 6.07) is 0.356. The Balaban J connectivity index is 2.01. The normalized spacial score (nSPS) is 34.7. The van der Waals surface area contributed by atoms with E-state index in [1.165, 1.54) is 6.42 Å². The smallest absolute Gasteiger partial charge is 0.230 e. The highest BCUT2D eigenvalue weighted by atomic mass is 16.2. The molecule has 2 atom stereocenters. The quantitative estimate of drug-likeness (QED) is 0.565. The predicted octanol–water partition coefficient (Wildman–Crippen LogP) is 0.976. The van der Waals surface area contributed by atoms with E-state index in [0.29, 0.717) is 18.5 Å². The van der Waals surface area contributed by atoms with Gasteiger partial charge in [-0.2, -0.15) is 0 Å². The second kappa shape index (κ2) is 3.13. The van der Waals surface area contributed by atoms with Gasteiger partial charge in [0, 0.05) is 6.04 Å². The van der Waals surface area contributed by atoms with Crippen LogP contribution >= 0.6 is 0 Å². The Morgan fingerprint density at radius 3 is 2.54 bits per heavy atom. The number of likely N-dealkylation sites (tertiary alicyclic amines) is 1. The van der Waals surface area contributed by atoms with Crippen LogP contribution in [-0.2, 0) is 9.59 Å². The molecule has 2 aliphatic rings. The number of nitrogens with zero attached hydrogens (tertiary/aromatic N) is 1. The topological polar surface area (TPSA) is 37.4 Å². The summed E-state index contributed by atoms with van der Waals surface area (Å²) in [4.78, 5) is 24.2. The zero-order valence-corrected chi connectivity index (χ0v) is 7.95. The Labute approximate surface area is 78.1 Å². The minimum atomic E-state index is 0.0455. The first-order valence-corrected chi connectivity index (χ1v) is 4.98. The molecule has 2 fully saturated rings. The van der Waals surface area contributed by atoms with Crippen LogP contribution in [0, 0.1) is 5.92 Å². The highest BCUT2D eigenvalue weighted by Gasteiger charge is 2.35. The molecule has 1 saturated heterocycles. The summed E-state index contributed by atoms with van der Waals surface area (Å²) in [7, 11) is 0. The van der Waals surface area contributed by atoms with Crippen LogP contribution in [0.2, 0.25) is 0 Å². The summed E-state index contributed by atoms with van der Waals surface area (Å²) in [5.41, 5.74) is 0. The van der Waals surface area contributed by atoms with Crippen LogP contribution < -0.4 is 0 Å².